The molecule has 1 unspecified atom stereocenters. The lowest BCUT2D eigenvalue weighted by Gasteiger charge is -2.14. The van der Waals surface area contributed by atoms with Crippen LogP contribution in [0.2, 0.25) is 0 Å². The molecule has 7 heteroatoms. The molecular weight excluding hydrogens is 302 g/mol. The molecule has 3 heterocycles. The Morgan fingerprint density at radius 3 is 3.00 bits per heavy atom. The van der Waals surface area contributed by atoms with E-state index in [1.165, 1.54) is 11.3 Å². The average Bonchev–Trinajstić information content (AvgIpc) is 3.15. The number of likely N-dealkylation sites (tertiary alicyclic amines) is 1. The summed E-state index contributed by atoms with van der Waals surface area (Å²) >= 11 is 1.45. The Morgan fingerprint density at radius 2 is 2.36 bits per heavy atom. The lowest BCUT2D eigenvalue weighted by atomic mass is 10.1. The first kappa shape index (κ1) is 14.8. The molecule has 0 radical (unpaired) electrons. The molecule has 0 aromatic carbocycles. The van der Waals surface area contributed by atoms with Crippen LogP contribution >= 0.6 is 11.3 Å². The molecule has 1 N–H and O–H groups in total. The van der Waals surface area contributed by atoms with Gasteiger partial charge in [-0.15, -0.1) is 11.3 Å². The maximum Gasteiger partial charge on any atom is 0.231 e. The van der Waals surface area contributed by atoms with Crippen LogP contribution in [-0.4, -0.2) is 28.2 Å². The highest BCUT2D eigenvalue weighted by Crippen LogP contribution is 2.25. The van der Waals surface area contributed by atoms with Gasteiger partial charge in [0.2, 0.25) is 11.8 Å². The third-order valence-corrected chi connectivity index (χ3v) is 4.76. The Kier molecular flexibility index (Phi) is 3.98. The predicted molar refractivity (Wildman–Crippen MR) is 82.4 cm³/mol. The topological polar surface area (TPSA) is 75.4 Å². The van der Waals surface area contributed by atoms with E-state index in [9.17, 15) is 9.59 Å². The maximum absolute atomic E-state index is 12.3. The minimum absolute atomic E-state index is 0.0250. The molecule has 116 valence electrons. The third kappa shape index (κ3) is 3.04. The zero-order valence-corrected chi connectivity index (χ0v) is 13.3. The normalized spacial score (nSPS) is 18.0. The van der Waals surface area contributed by atoms with Crippen molar-refractivity contribution < 1.29 is 14.0 Å². The molecule has 1 saturated heterocycles. The number of aryl methyl sites for hydroxylation is 2. The summed E-state index contributed by atoms with van der Waals surface area (Å²) in [5, 5.41) is 3.41. The molecule has 2 aromatic rings. The molecule has 1 aliphatic heterocycles. The van der Waals surface area contributed by atoms with E-state index in [1.807, 2.05) is 19.9 Å². The monoisotopic (exact) mass is 319 g/mol. The second-order valence-corrected chi connectivity index (χ2v) is 6.61. The molecule has 6 nitrogen and oxygen atoms in total. The standard InChI is InChI=1S/C15H17N3O3S/c1-9-10(2)22-15(16-9)17-14(20)11-6-13(19)18(7-11)8-12-4-3-5-21-12/h3-5,11H,6-8H2,1-2H3,(H,16,17,20). The van der Waals surface area contributed by atoms with E-state index in [1.54, 1.807) is 17.2 Å². The number of thiazole rings is 1. The number of nitrogens with zero attached hydrogens (tertiary/aromatic N) is 2. The highest BCUT2D eigenvalue weighted by Gasteiger charge is 2.34. The molecule has 1 fully saturated rings. The summed E-state index contributed by atoms with van der Waals surface area (Å²) in [6.07, 6.45) is 1.81. The maximum atomic E-state index is 12.3. The van der Waals surface area contributed by atoms with Crippen LogP contribution in [0.25, 0.3) is 0 Å². The van der Waals surface area contributed by atoms with Crippen LogP contribution in [0.5, 0.6) is 0 Å². The molecule has 0 bridgehead atoms. The van der Waals surface area contributed by atoms with Gasteiger partial charge in [-0.3, -0.25) is 9.59 Å². The largest absolute Gasteiger partial charge is 0.467 e. The van der Waals surface area contributed by atoms with Crippen LogP contribution in [0.4, 0.5) is 5.13 Å². The summed E-state index contributed by atoms with van der Waals surface area (Å²) in [6.45, 7) is 4.69. The van der Waals surface area contributed by atoms with Crippen molar-refractivity contribution in [2.75, 3.05) is 11.9 Å². The second kappa shape index (κ2) is 5.92. The summed E-state index contributed by atoms with van der Waals surface area (Å²) in [5.41, 5.74) is 0.919. The Bertz CT molecular complexity index is 673. The van der Waals surface area contributed by atoms with Gasteiger partial charge in [0.15, 0.2) is 5.13 Å². The second-order valence-electron chi connectivity index (χ2n) is 5.40. The number of nitrogens with one attached hydrogen (secondary N) is 1. The van der Waals surface area contributed by atoms with Crippen molar-refractivity contribution in [1.82, 2.24) is 9.88 Å². The fourth-order valence-corrected chi connectivity index (χ4v) is 3.24. The summed E-state index contributed by atoms with van der Waals surface area (Å²) in [6, 6.07) is 3.61. The van der Waals surface area contributed by atoms with E-state index in [-0.39, 0.29) is 24.2 Å². The van der Waals surface area contributed by atoms with E-state index < -0.39 is 0 Å². The summed E-state index contributed by atoms with van der Waals surface area (Å²) in [5.74, 6) is 0.208. The SMILES string of the molecule is Cc1nc(NC(=O)C2CC(=O)N(Cc3ccco3)C2)sc1C. The summed E-state index contributed by atoms with van der Waals surface area (Å²) < 4.78 is 5.25. The Morgan fingerprint density at radius 1 is 1.55 bits per heavy atom. The van der Waals surface area contributed by atoms with Crippen molar-refractivity contribution in [2.24, 2.45) is 5.92 Å². The van der Waals surface area contributed by atoms with E-state index in [0.29, 0.717) is 18.2 Å². The van der Waals surface area contributed by atoms with E-state index in [0.717, 1.165) is 16.3 Å². The number of anilines is 1. The number of hydrogen-bond donors (Lipinski definition) is 1. The van der Waals surface area contributed by atoms with Crippen LogP contribution in [0.15, 0.2) is 22.8 Å². The first-order valence-electron chi connectivity index (χ1n) is 7.08. The highest BCUT2D eigenvalue weighted by atomic mass is 32.1. The summed E-state index contributed by atoms with van der Waals surface area (Å²) in [7, 11) is 0. The molecule has 1 atom stereocenters. The molecule has 3 rings (SSSR count). The van der Waals surface area contributed by atoms with E-state index >= 15 is 0 Å². The van der Waals surface area contributed by atoms with Crippen LogP contribution < -0.4 is 5.32 Å². The fourth-order valence-electron chi connectivity index (χ4n) is 2.42. The average molecular weight is 319 g/mol. The quantitative estimate of drug-likeness (QED) is 0.938. The van der Waals surface area contributed by atoms with E-state index in [4.69, 9.17) is 4.42 Å². The van der Waals surface area contributed by atoms with Crippen molar-refractivity contribution in [3.05, 3.63) is 34.7 Å². The van der Waals surface area contributed by atoms with Gasteiger partial charge < -0.3 is 14.6 Å². The molecular formula is C15H17N3O3S. The lowest BCUT2D eigenvalue weighted by Crippen LogP contribution is -2.27. The van der Waals surface area contributed by atoms with E-state index in [2.05, 4.69) is 10.3 Å². The number of hydrogen-bond acceptors (Lipinski definition) is 5. The van der Waals surface area contributed by atoms with Crippen LogP contribution in [0.1, 0.15) is 22.8 Å². The number of furan rings is 1. The van der Waals surface area contributed by atoms with Gasteiger partial charge in [-0.25, -0.2) is 4.98 Å². The molecule has 2 amide bonds. The van der Waals surface area contributed by atoms with Gasteiger partial charge in [-0.2, -0.15) is 0 Å². The van der Waals surface area contributed by atoms with Gasteiger partial charge >= 0.3 is 0 Å². The zero-order valence-electron chi connectivity index (χ0n) is 12.5. The Labute approximate surface area is 132 Å². The smallest absolute Gasteiger partial charge is 0.231 e. The molecule has 0 aliphatic carbocycles. The molecule has 22 heavy (non-hydrogen) atoms. The van der Waals surface area contributed by atoms with Gasteiger partial charge in [-0.1, -0.05) is 0 Å². The number of rotatable bonds is 4. The number of aromatic nitrogens is 1. The van der Waals surface area contributed by atoms with Crippen LogP contribution in [-0.2, 0) is 16.1 Å². The minimum Gasteiger partial charge on any atom is -0.467 e. The Balaban J connectivity index is 1.61. The van der Waals surface area contributed by atoms with Crippen molar-refractivity contribution >= 4 is 28.3 Å². The number of amides is 2. The third-order valence-electron chi connectivity index (χ3n) is 3.77. The van der Waals surface area contributed by atoms with Crippen molar-refractivity contribution in [3.8, 4) is 0 Å². The van der Waals surface area contributed by atoms with Gasteiger partial charge in [0, 0.05) is 17.8 Å². The molecule has 0 spiro atoms. The van der Waals surface area contributed by atoms with Crippen molar-refractivity contribution in [3.63, 3.8) is 0 Å². The fraction of sp³-hybridized carbons (Fsp3) is 0.400. The first-order chi connectivity index (χ1) is 10.5. The van der Waals surface area contributed by atoms with Gasteiger partial charge in [0.1, 0.15) is 5.76 Å². The highest BCUT2D eigenvalue weighted by molar-refractivity contribution is 7.15. The van der Waals surface area contributed by atoms with Crippen molar-refractivity contribution in [1.29, 1.82) is 0 Å². The van der Waals surface area contributed by atoms with Crippen molar-refractivity contribution in [2.45, 2.75) is 26.8 Å². The molecule has 2 aromatic heterocycles. The lowest BCUT2D eigenvalue weighted by molar-refractivity contribution is -0.128. The number of carbonyl (C=O) groups excluding carboxylic acids is 2. The van der Waals surface area contributed by atoms with Gasteiger partial charge in [0.05, 0.1) is 24.4 Å². The summed E-state index contributed by atoms with van der Waals surface area (Å²) in [4.78, 5) is 31.3. The predicted octanol–water partition coefficient (Wildman–Crippen LogP) is 2.34. The Hall–Kier alpha value is -2.15. The van der Waals surface area contributed by atoms with Crippen LogP contribution in [0, 0.1) is 19.8 Å². The number of carbonyl (C=O) groups is 2. The van der Waals surface area contributed by atoms with Gasteiger partial charge in [-0.05, 0) is 26.0 Å². The molecule has 1 aliphatic rings. The molecule has 0 saturated carbocycles. The minimum atomic E-state index is -0.341. The van der Waals surface area contributed by atoms with Crippen LogP contribution in [0.3, 0.4) is 0 Å². The van der Waals surface area contributed by atoms with Gasteiger partial charge in [0.25, 0.3) is 0 Å². The zero-order chi connectivity index (χ0) is 15.7. The first-order valence-corrected chi connectivity index (χ1v) is 7.89.